The summed E-state index contributed by atoms with van der Waals surface area (Å²) in [6, 6.07) is 30.6. The smallest absolute Gasteiger partial charge is 0.119 e. The molecule has 2 atom stereocenters. The van der Waals surface area contributed by atoms with Gasteiger partial charge < -0.3 is 9.64 Å². The van der Waals surface area contributed by atoms with Gasteiger partial charge in [-0.15, -0.1) is 0 Å². The second-order valence-corrected chi connectivity index (χ2v) is 9.29. The Balaban J connectivity index is 1.49. The second kappa shape index (κ2) is 9.34. The Morgan fingerprint density at radius 2 is 1.41 bits per heavy atom. The summed E-state index contributed by atoms with van der Waals surface area (Å²) in [6.07, 6.45) is 2.62. The van der Waals surface area contributed by atoms with Crippen molar-refractivity contribution in [2.45, 2.75) is 19.8 Å². The largest absolute Gasteiger partial charge is 0.492 e. The number of hydrogen-bond donors (Lipinski definition) is 0. The van der Waals surface area contributed by atoms with Crippen molar-refractivity contribution in [2.24, 2.45) is 17.8 Å². The van der Waals surface area contributed by atoms with Crippen molar-refractivity contribution in [3.8, 4) is 5.75 Å². The zero-order valence-electron chi connectivity index (χ0n) is 19.2. The molecule has 2 nitrogen and oxygen atoms in total. The van der Waals surface area contributed by atoms with Crippen LogP contribution < -0.4 is 4.74 Å². The van der Waals surface area contributed by atoms with E-state index in [-0.39, 0.29) is 0 Å². The van der Waals surface area contributed by atoms with Crippen molar-refractivity contribution in [3.63, 3.8) is 0 Å². The number of nitrogens with zero attached hydrogens (tertiary/aromatic N) is 1. The van der Waals surface area contributed by atoms with E-state index in [1.807, 2.05) is 0 Å². The molecule has 2 unspecified atom stereocenters. The van der Waals surface area contributed by atoms with Crippen LogP contribution in [0.4, 0.5) is 0 Å². The predicted molar refractivity (Wildman–Crippen MR) is 134 cm³/mol. The highest BCUT2D eigenvalue weighted by atomic mass is 16.5. The Kier molecular flexibility index (Phi) is 6.14. The van der Waals surface area contributed by atoms with E-state index in [2.05, 4.69) is 104 Å². The second-order valence-electron chi connectivity index (χ2n) is 9.29. The highest BCUT2D eigenvalue weighted by Gasteiger charge is 2.63. The molecule has 0 bridgehead atoms. The first-order valence-corrected chi connectivity index (χ1v) is 12.0. The first-order valence-electron chi connectivity index (χ1n) is 12.0. The van der Waals surface area contributed by atoms with E-state index in [9.17, 15) is 0 Å². The summed E-state index contributed by atoms with van der Waals surface area (Å²) in [6.45, 7) is 4.86. The summed E-state index contributed by atoms with van der Waals surface area (Å²) in [5.74, 6) is 3.79. The van der Waals surface area contributed by atoms with Crippen LogP contribution in [0.3, 0.4) is 0 Å². The van der Waals surface area contributed by atoms with E-state index in [0.717, 1.165) is 36.6 Å². The van der Waals surface area contributed by atoms with E-state index in [1.165, 1.54) is 40.7 Å². The first-order chi connectivity index (χ1) is 15.7. The minimum Gasteiger partial charge on any atom is -0.492 e. The minimum absolute atomic E-state index is 0.713. The Hall–Kier alpha value is -2.84. The van der Waals surface area contributed by atoms with Gasteiger partial charge in [-0.3, -0.25) is 0 Å². The van der Waals surface area contributed by atoms with E-state index in [4.69, 9.17) is 4.74 Å². The molecule has 0 amide bonds. The van der Waals surface area contributed by atoms with E-state index < -0.39 is 0 Å². The molecular weight excluding hydrogens is 390 g/mol. The molecule has 2 saturated carbocycles. The zero-order valence-corrected chi connectivity index (χ0v) is 19.2. The molecule has 0 saturated heterocycles. The van der Waals surface area contributed by atoms with E-state index in [0.29, 0.717) is 6.61 Å². The van der Waals surface area contributed by atoms with Crippen LogP contribution in [0.2, 0.25) is 0 Å². The van der Waals surface area contributed by atoms with Gasteiger partial charge in [-0.2, -0.15) is 0 Å². The van der Waals surface area contributed by atoms with Crippen LogP contribution in [0.25, 0.3) is 11.1 Å². The first kappa shape index (κ1) is 21.0. The number of rotatable bonds is 10. The van der Waals surface area contributed by atoms with Gasteiger partial charge in [0.25, 0.3) is 0 Å². The summed E-state index contributed by atoms with van der Waals surface area (Å²) in [5, 5.41) is 0. The van der Waals surface area contributed by atoms with Crippen molar-refractivity contribution in [1.82, 2.24) is 4.90 Å². The molecule has 5 rings (SSSR count). The monoisotopic (exact) mass is 423 g/mol. The third kappa shape index (κ3) is 4.66. The molecule has 2 aliphatic carbocycles. The quantitative estimate of drug-likeness (QED) is 0.339. The molecule has 0 N–H and O–H groups in total. The number of hydrogen-bond acceptors (Lipinski definition) is 2. The molecule has 2 fully saturated rings. The lowest BCUT2D eigenvalue weighted by Crippen LogP contribution is -2.23. The Labute approximate surface area is 192 Å². The molecule has 2 heteroatoms. The van der Waals surface area contributed by atoms with Gasteiger partial charge in [-0.05, 0) is 84.2 Å². The highest BCUT2D eigenvalue weighted by molar-refractivity contribution is 5.98. The maximum atomic E-state index is 6.00. The fraction of sp³-hybridized carbons (Fsp3) is 0.333. The SMILES string of the molecule is CCN(C)CCOc1ccc(/C(=C(/CC2C3CC23)c2ccccc2)c2ccccc2)cc1. The summed E-state index contributed by atoms with van der Waals surface area (Å²) < 4.78 is 6.00. The van der Waals surface area contributed by atoms with Gasteiger partial charge >= 0.3 is 0 Å². The highest BCUT2D eigenvalue weighted by Crippen LogP contribution is 2.70. The topological polar surface area (TPSA) is 12.5 Å². The van der Waals surface area contributed by atoms with Crippen LogP contribution >= 0.6 is 0 Å². The number of benzene rings is 3. The van der Waals surface area contributed by atoms with Crippen LogP contribution in [0, 0.1) is 17.8 Å². The van der Waals surface area contributed by atoms with E-state index >= 15 is 0 Å². The molecule has 164 valence electrons. The van der Waals surface area contributed by atoms with Crippen LogP contribution in [0.1, 0.15) is 36.5 Å². The fourth-order valence-corrected chi connectivity index (χ4v) is 4.77. The van der Waals surface area contributed by atoms with Gasteiger partial charge in [0.05, 0.1) is 0 Å². The molecule has 2 aliphatic rings. The molecule has 0 aliphatic heterocycles. The van der Waals surface area contributed by atoms with Gasteiger partial charge in [0, 0.05) is 6.54 Å². The van der Waals surface area contributed by atoms with Crippen molar-refractivity contribution in [3.05, 3.63) is 102 Å². The molecule has 0 spiro atoms. The van der Waals surface area contributed by atoms with Crippen molar-refractivity contribution in [2.75, 3.05) is 26.7 Å². The molecule has 0 radical (unpaired) electrons. The zero-order chi connectivity index (χ0) is 21.9. The lowest BCUT2D eigenvalue weighted by molar-refractivity contribution is 0.244. The van der Waals surface area contributed by atoms with Crippen molar-refractivity contribution >= 4 is 11.1 Å². The summed E-state index contributed by atoms with van der Waals surface area (Å²) in [7, 11) is 2.12. The molecular formula is C30H33NO. The Morgan fingerprint density at radius 3 is 1.97 bits per heavy atom. The van der Waals surface area contributed by atoms with Gasteiger partial charge in [0.1, 0.15) is 12.4 Å². The molecule has 3 aromatic carbocycles. The predicted octanol–water partition coefficient (Wildman–Crippen LogP) is 6.63. The van der Waals surface area contributed by atoms with Gasteiger partial charge in [0.2, 0.25) is 0 Å². The van der Waals surface area contributed by atoms with Gasteiger partial charge in [0.15, 0.2) is 0 Å². The number of ether oxygens (including phenoxy) is 1. The maximum Gasteiger partial charge on any atom is 0.119 e. The third-order valence-electron chi connectivity index (χ3n) is 7.20. The summed E-state index contributed by atoms with van der Waals surface area (Å²) >= 11 is 0. The van der Waals surface area contributed by atoms with Gasteiger partial charge in [-0.25, -0.2) is 0 Å². The Morgan fingerprint density at radius 1 is 0.812 bits per heavy atom. The van der Waals surface area contributed by atoms with Crippen LogP contribution in [-0.2, 0) is 0 Å². The van der Waals surface area contributed by atoms with Crippen LogP contribution in [0.15, 0.2) is 84.9 Å². The number of fused-ring (bicyclic) bond motifs is 1. The minimum atomic E-state index is 0.713. The average Bonchev–Trinajstić information content (AvgIpc) is 3.76. The maximum absolute atomic E-state index is 6.00. The number of likely N-dealkylation sites (N-methyl/N-ethyl adjacent to an activating group) is 1. The molecule has 0 aromatic heterocycles. The summed E-state index contributed by atoms with van der Waals surface area (Å²) in [4.78, 5) is 2.26. The molecule has 3 aromatic rings. The third-order valence-corrected chi connectivity index (χ3v) is 7.20. The normalized spacial score (nSPS) is 21.7. The van der Waals surface area contributed by atoms with Crippen molar-refractivity contribution < 1.29 is 4.74 Å². The standard InChI is InChI=1S/C30H33NO/c1-3-31(2)18-19-32-25-16-14-24(15-17-25)30(23-12-8-5-9-13-23)26(20-27-28-21-29(27)28)22-10-6-4-7-11-22/h4-17,27-29H,3,18-21H2,1-2H3/b30-26-. The number of allylic oxidation sites excluding steroid dienone is 1. The van der Waals surface area contributed by atoms with Gasteiger partial charge in [-0.1, -0.05) is 79.7 Å². The Bertz CT molecular complexity index is 1050. The fourth-order valence-electron chi connectivity index (χ4n) is 4.77. The molecule has 32 heavy (non-hydrogen) atoms. The van der Waals surface area contributed by atoms with Crippen LogP contribution in [0.5, 0.6) is 5.75 Å². The molecule has 0 heterocycles. The van der Waals surface area contributed by atoms with E-state index in [1.54, 1.807) is 0 Å². The lowest BCUT2D eigenvalue weighted by atomic mass is 9.85. The van der Waals surface area contributed by atoms with Crippen LogP contribution in [-0.4, -0.2) is 31.6 Å². The average molecular weight is 424 g/mol. The van der Waals surface area contributed by atoms with Crippen molar-refractivity contribution in [1.29, 1.82) is 0 Å². The lowest BCUT2D eigenvalue weighted by Gasteiger charge is -2.19. The summed E-state index contributed by atoms with van der Waals surface area (Å²) in [5.41, 5.74) is 6.74.